The number of Topliss-reactive ketones (excluding diaryl/α,β-unsaturated/α-hetero) is 1. The summed E-state index contributed by atoms with van der Waals surface area (Å²) in [6, 6.07) is 11.1. The summed E-state index contributed by atoms with van der Waals surface area (Å²) in [7, 11) is 0. The van der Waals surface area contributed by atoms with Crippen molar-refractivity contribution in [3.63, 3.8) is 0 Å². The molecule has 9 nitrogen and oxygen atoms in total. The van der Waals surface area contributed by atoms with Gasteiger partial charge >= 0.3 is 0 Å². The molecular formula is C25H20FN5O4. The van der Waals surface area contributed by atoms with Crippen LogP contribution in [0.2, 0.25) is 0 Å². The largest absolute Gasteiger partial charge is 0.486 e. The Kier molecular flexibility index (Phi) is 5.92. The third-order valence-electron chi connectivity index (χ3n) is 5.58. The summed E-state index contributed by atoms with van der Waals surface area (Å²) in [5.41, 5.74) is 3.59. The molecule has 0 radical (unpaired) electrons. The number of aromatic amines is 1. The van der Waals surface area contributed by atoms with Crippen LogP contribution in [0.25, 0.3) is 11.0 Å². The Bertz CT molecular complexity index is 1450. The molecule has 2 aromatic heterocycles. The molecule has 2 amide bonds. The van der Waals surface area contributed by atoms with Crippen molar-refractivity contribution in [3.8, 4) is 5.75 Å². The van der Waals surface area contributed by atoms with E-state index in [0.29, 0.717) is 34.5 Å². The van der Waals surface area contributed by atoms with Gasteiger partial charge in [-0.15, -0.1) is 0 Å². The van der Waals surface area contributed by atoms with Crippen molar-refractivity contribution < 1.29 is 23.5 Å². The van der Waals surface area contributed by atoms with E-state index in [1.54, 1.807) is 24.4 Å². The van der Waals surface area contributed by atoms with Gasteiger partial charge in [0.15, 0.2) is 11.5 Å². The van der Waals surface area contributed by atoms with E-state index in [2.05, 4.69) is 25.6 Å². The molecule has 35 heavy (non-hydrogen) atoms. The van der Waals surface area contributed by atoms with Gasteiger partial charge in [-0.25, -0.2) is 14.4 Å². The number of H-pyrrole nitrogens is 1. The van der Waals surface area contributed by atoms with Crippen molar-refractivity contribution in [1.82, 2.24) is 20.3 Å². The quantitative estimate of drug-likeness (QED) is 0.395. The third-order valence-corrected chi connectivity index (χ3v) is 5.58. The number of benzene rings is 2. The van der Waals surface area contributed by atoms with Gasteiger partial charge in [0.05, 0.1) is 17.6 Å². The van der Waals surface area contributed by atoms with Crippen LogP contribution in [0.4, 0.5) is 10.1 Å². The van der Waals surface area contributed by atoms with Gasteiger partial charge in [0.25, 0.3) is 5.91 Å². The summed E-state index contributed by atoms with van der Waals surface area (Å²) < 4.78 is 18.5. The monoisotopic (exact) mass is 473 g/mol. The normalized spacial score (nSPS) is 12.7. The Balaban J connectivity index is 1.27. The van der Waals surface area contributed by atoms with Gasteiger partial charge in [-0.05, 0) is 35.4 Å². The first kappa shape index (κ1) is 22.2. The molecule has 0 unspecified atom stereocenters. The third kappa shape index (κ3) is 4.86. The van der Waals surface area contributed by atoms with E-state index in [-0.39, 0.29) is 42.8 Å². The van der Waals surface area contributed by atoms with Crippen LogP contribution in [0.3, 0.4) is 0 Å². The highest BCUT2D eigenvalue weighted by Gasteiger charge is 2.19. The Hall–Kier alpha value is -4.60. The number of fused-ring (bicyclic) bond motifs is 2. The first-order chi connectivity index (χ1) is 17.0. The molecule has 3 N–H and O–H groups in total. The van der Waals surface area contributed by atoms with Gasteiger partial charge in [-0.3, -0.25) is 14.4 Å². The van der Waals surface area contributed by atoms with E-state index in [0.717, 1.165) is 11.1 Å². The maximum Gasteiger partial charge on any atom is 0.272 e. The number of nitrogens with one attached hydrogen (secondary N) is 3. The Labute approximate surface area is 198 Å². The number of nitrogens with zero attached hydrogens (tertiary/aromatic N) is 2. The maximum absolute atomic E-state index is 13.1. The molecule has 3 heterocycles. The van der Waals surface area contributed by atoms with Gasteiger partial charge in [-0.2, -0.15) is 0 Å². The van der Waals surface area contributed by atoms with Crippen LogP contribution in [0.1, 0.15) is 27.2 Å². The second-order valence-electron chi connectivity index (χ2n) is 8.13. The summed E-state index contributed by atoms with van der Waals surface area (Å²) >= 11 is 0. The zero-order valence-corrected chi connectivity index (χ0v) is 18.4. The molecule has 5 rings (SSSR count). The van der Waals surface area contributed by atoms with Crippen LogP contribution in [-0.4, -0.2) is 39.2 Å². The summed E-state index contributed by atoms with van der Waals surface area (Å²) in [6.45, 7) is 0.311. The molecular weight excluding hydrogens is 453 g/mol. The van der Waals surface area contributed by atoms with Crippen molar-refractivity contribution in [2.24, 2.45) is 0 Å². The highest BCUT2D eigenvalue weighted by molar-refractivity contribution is 6.08. The number of halogens is 1. The molecule has 1 aliphatic rings. The van der Waals surface area contributed by atoms with E-state index >= 15 is 0 Å². The molecule has 0 saturated heterocycles. The Morgan fingerprint density at radius 3 is 2.71 bits per heavy atom. The van der Waals surface area contributed by atoms with Gasteiger partial charge in [0.1, 0.15) is 30.0 Å². The topological polar surface area (TPSA) is 126 Å². The van der Waals surface area contributed by atoms with Crippen molar-refractivity contribution in [3.05, 3.63) is 83.2 Å². The number of hydrogen-bond acceptors (Lipinski definition) is 6. The van der Waals surface area contributed by atoms with E-state index in [1.165, 1.54) is 18.5 Å². The van der Waals surface area contributed by atoms with Crippen LogP contribution in [-0.2, 0) is 29.0 Å². The number of anilines is 1. The average molecular weight is 473 g/mol. The number of aromatic nitrogens is 3. The molecule has 0 aliphatic carbocycles. The molecule has 2 aromatic carbocycles. The summed E-state index contributed by atoms with van der Waals surface area (Å²) in [4.78, 5) is 48.2. The van der Waals surface area contributed by atoms with Crippen molar-refractivity contribution in [2.45, 2.75) is 19.4 Å². The Morgan fingerprint density at radius 2 is 1.89 bits per heavy atom. The first-order valence-electron chi connectivity index (χ1n) is 10.9. The highest BCUT2D eigenvalue weighted by atomic mass is 19.1. The number of carbonyl (C=O) groups is 3. The molecule has 0 spiro atoms. The average Bonchev–Trinajstić information content (AvgIpc) is 3.26. The van der Waals surface area contributed by atoms with Crippen molar-refractivity contribution in [2.75, 3.05) is 11.9 Å². The van der Waals surface area contributed by atoms with Crippen molar-refractivity contribution >= 4 is 34.3 Å². The van der Waals surface area contributed by atoms with E-state index < -0.39 is 5.91 Å². The Morgan fingerprint density at radius 1 is 1.09 bits per heavy atom. The highest BCUT2D eigenvalue weighted by Crippen LogP contribution is 2.25. The van der Waals surface area contributed by atoms with Crippen molar-refractivity contribution in [1.29, 1.82) is 0 Å². The molecule has 0 atom stereocenters. The molecule has 10 heteroatoms. The van der Waals surface area contributed by atoms with Crippen LogP contribution < -0.4 is 15.4 Å². The predicted molar refractivity (Wildman–Crippen MR) is 124 cm³/mol. The minimum atomic E-state index is -0.423. The number of ketones is 1. The number of rotatable bonds is 6. The smallest absolute Gasteiger partial charge is 0.272 e. The van der Waals surface area contributed by atoms with Gasteiger partial charge < -0.3 is 20.4 Å². The number of amides is 2. The SMILES string of the molecule is O=C1COc2ccc(CNC(=O)c3ncnc4c(NC(=O)Cc5ccc(F)cc5)c[nH]c34)cc2C1. The first-order valence-corrected chi connectivity index (χ1v) is 10.9. The van der Waals surface area contributed by atoms with Gasteiger partial charge in [-0.1, -0.05) is 18.2 Å². The lowest BCUT2D eigenvalue weighted by Crippen LogP contribution is -2.25. The second kappa shape index (κ2) is 9.34. The summed E-state index contributed by atoms with van der Waals surface area (Å²) in [6.07, 6.45) is 3.16. The minimum Gasteiger partial charge on any atom is -0.486 e. The summed E-state index contributed by atoms with van der Waals surface area (Å²) in [5, 5.41) is 5.58. The molecule has 4 aromatic rings. The van der Waals surface area contributed by atoms with E-state index in [4.69, 9.17) is 4.74 Å². The van der Waals surface area contributed by atoms with E-state index in [9.17, 15) is 18.8 Å². The van der Waals surface area contributed by atoms with Crippen LogP contribution in [0.5, 0.6) is 5.75 Å². The fourth-order valence-corrected chi connectivity index (χ4v) is 3.90. The van der Waals surface area contributed by atoms with Crippen LogP contribution in [0, 0.1) is 5.82 Å². The van der Waals surface area contributed by atoms with E-state index in [1.807, 2.05) is 12.1 Å². The number of ether oxygens (including phenoxy) is 1. The maximum atomic E-state index is 13.1. The lowest BCUT2D eigenvalue weighted by atomic mass is 10.0. The molecule has 176 valence electrons. The summed E-state index contributed by atoms with van der Waals surface area (Å²) in [5.74, 6) is -0.415. The fourth-order valence-electron chi connectivity index (χ4n) is 3.90. The predicted octanol–water partition coefficient (Wildman–Crippen LogP) is 2.71. The molecule has 0 bridgehead atoms. The lowest BCUT2D eigenvalue weighted by molar-refractivity contribution is -0.121. The van der Waals surface area contributed by atoms with Gasteiger partial charge in [0.2, 0.25) is 5.91 Å². The van der Waals surface area contributed by atoms with Crippen LogP contribution >= 0.6 is 0 Å². The second-order valence-corrected chi connectivity index (χ2v) is 8.13. The zero-order valence-electron chi connectivity index (χ0n) is 18.4. The zero-order chi connectivity index (χ0) is 24.4. The molecule has 1 aliphatic heterocycles. The number of hydrogen-bond donors (Lipinski definition) is 3. The molecule has 0 fully saturated rings. The molecule has 0 saturated carbocycles. The van der Waals surface area contributed by atoms with Crippen LogP contribution in [0.15, 0.2) is 55.0 Å². The standard InChI is InChI=1S/C25H20FN5O4/c26-17-4-1-14(2-5-17)8-21(33)31-19-11-27-23-22(19)29-13-30-24(23)25(34)28-10-15-3-6-20-16(7-15)9-18(32)12-35-20/h1-7,11,13,27H,8-10,12H2,(H,28,34)(H,31,33). The number of carbonyl (C=O) groups excluding carboxylic acids is 3. The lowest BCUT2D eigenvalue weighted by Gasteiger charge is -2.17. The minimum absolute atomic E-state index is 0.00868. The fraction of sp³-hybridized carbons (Fsp3) is 0.160. The van der Waals surface area contributed by atoms with Gasteiger partial charge in [0, 0.05) is 24.7 Å².